The van der Waals surface area contributed by atoms with Crippen LogP contribution >= 0.6 is 15.9 Å². The fourth-order valence-electron chi connectivity index (χ4n) is 1.38. The number of aryl methyl sites for hydroxylation is 1. The van der Waals surface area contributed by atoms with Crippen LogP contribution in [0.4, 0.5) is 5.69 Å². The van der Waals surface area contributed by atoms with E-state index in [1.807, 2.05) is 19.1 Å². The lowest BCUT2D eigenvalue weighted by Crippen LogP contribution is -2.22. The second kappa shape index (κ2) is 6.34. The van der Waals surface area contributed by atoms with E-state index < -0.39 is 16.2 Å². The molecule has 0 aliphatic rings. The molecule has 1 aromatic rings. The molecule has 0 unspecified atom stereocenters. The van der Waals surface area contributed by atoms with Gasteiger partial charge in [0.2, 0.25) is 0 Å². The first-order valence-corrected chi connectivity index (χ1v) is 6.05. The van der Waals surface area contributed by atoms with E-state index >= 15 is 0 Å². The smallest absolute Gasteiger partial charge is 0.308 e. The van der Waals surface area contributed by atoms with Gasteiger partial charge in [-0.15, -0.1) is 0 Å². The van der Waals surface area contributed by atoms with Crippen molar-refractivity contribution in [3.8, 4) is 0 Å². The second-order valence-electron chi connectivity index (χ2n) is 3.47. The monoisotopic (exact) mass is 300 g/mol. The predicted octanol–water partition coefficient (Wildman–Crippen LogP) is 2.88. The minimum Gasteiger partial charge on any atom is -0.308 e. The van der Waals surface area contributed by atoms with Crippen molar-refractivity contribution in [2.24, 2.45) is 0 Å². The molecule has 1 rings (SSSR count). The maximum Gasteiger partial charge on any atom is 0.335 e. The molecule has 0 aliphatic heterocycles. The number of rotatable bonds is 5. The maximum absolute atomic E-state index is 11.7. The van der Waals surface area contributed by atoms with E-state index in [2.05, 4.69) is 15.9 Å². The number of aromatic nitrogens is 1. The quantitative estimate of drug-likeness (QED) is 0.477. The van der Waals surface area contributed by atoms with Gasteiger partial charge >= 0.3 is 11.2 Å². The summed E-state index contributed by atoms with van der Waals surface area (Å²) in [5.41, 5.74) is -0.970. The normalized spacial score (nSPS) is 10.9. The van der Waals surface area contributed by atoms with Gasteiger partial charge in [0.25, 0.3) is 0 Å². The van der Waals surface area contributed by atoms with E-state index in [-0.39, 0.29) is 0 Å². The number of nitro groups is 1. The standard InChI is InChI=1S/C11H13BrN2O3/c1-2-3-4-5-6-13-8-9(12)7-10(11(13)15)14(16)17/h3-4,7-8H,2,5-6H2,1H3/b4-3+. The molecule has 0 saturated heterocycles. The van der Waals surface area contributed by atoms with Gasteiger partial charge in [-0.25, -0.2) is 0 Å². The molecule has 0 bridgehead atoms. The molecule has 0 aliphatic carbocycles. The average molecular weight is 301 g/mol. The van der Waals surface area contributed by atoms with Crippen molar-refractivity contribution < 1.29 is 4.92 Å². The number of hydrogen-bond acceptors (Lipinski definition) is 3. The van der Waals surface area contributed by atoms with Crippen LogP contribution in [0.2, 0.25) is 0 Å². The van der Waals surface area contributed by atoms with Gasteiger partial charge in [0.1, 0.15) is 0 Å². The van der Waals surface area contributed by atoms with Gasteiger partial charge < -0.3 is 4.57 Å². The van der Waals surface area contributed by atoms with E-state index in [0.29, 0.717) is 17.4 Å². The SMILES string of the molecule is CC/C=C/CCn1cc(Br)cc([N+](=O)[O-])c1=O. The molecule has 0 amide bonds. The van der Waals surface area contributed by atoms with Crippen molar-refractivity contribution in [2.75, 3.05) is 0 Å². The lowest BCUT2D eigenvalue weighted by Gasteiger charge is -2.04. The van der Waals surface area contributed by atoms with Gasteiger partial charge in [0, 0.05) is 23.3 Å². The first-order chi connectivity index (χ1) is 8.06. The van der Waals surface area contributed by atoms with Crippen LogP contribution in [0.15, 0.2) is 33.7 Å². The Morgan fingerprint density at radius 3 is 2.82 bits per heavy atom. The summed E-state index contributed by atoms with van der Waals surface area (Å²) in [7, 11) is 0. The Morgan fingerprint density at radius 1 is 1.53 bits per heavy atom. The van der Waals surface area contributed by atoms with Crippen LogP contribution in [-0.2, 0) is 6.54 Å². The van der Waals surface area contributed by atoms with Crippen molar-refractivity contribution in [2.45, 2.75) is 26.3 Å². The highest BCUT2D eigenvalue weighted by Crippen LogP contribution is 2.13. The topological polar surface area (TPSA) is 65.1 Å². The molecule has 0 spiro atoms. The molecule has 92 valence electrons. The third kappa shape index (κ3) is 3.81. The number of allylic oxidation sites excluding steroid dienone is 2. The summed E-state index contributed by atoms with van der Waals surface area (Å²) in [4.78, 5) is 21.7. The highest BCUT2D eigenvalue weighted by atomic mass is 79.9. The average Bonchev–Trinajstić information content (AvgIpc) is 2.28. The molecule has 0 N–H and O–H groups in total. The van der Waals surface area contributed by atoms with Crippen molar-refractivity contribution in [3.63, 3.8) is 0 Å². The summed E-state index contributed by atoms with van der Waals surface area (Å²) in [5, 5.41) is 10.7. The lowest BCUT2D eigenvalue weighted by atomic mass is 10.3. The summed E-state index contributed by atoms with van der Waals surface area (Å²) < 4.78 is 1.88. The second-order valence-corrected chi connectivity index (χ2v) is 4.38. The molecule has 1 heterocycles. The Bertz CT molecular complexity index is 494. The van der Waals surface area contributed by atoms with Gasteiger partial charge in [0.05, 0.1) is 4.92 Å². The Balaban J connectivity index is 2.96. The first kappa shape index (κ1) is 13.6. The highest BCUT2D eigenvalue weighted by Gasteiger charge is 2.15. The number of halogens is 1. The zero-order valence-electron chi connectivity index (χ0n) is 9.43. The van der Waals surface area contributed by atoms with E-state index in [1.54, 1.807) is 6.20 Å². The Kier molecular flexibility index (Phi) is 5.09. The zero-order valence-corrected chi connectivity index (χ0v) is 11.0. The summed E-state index contributed by atoms with van der Waals surface area (Å²) >= 11 is 3.16. The molecular weight excluding hydrogens is 288 g/mol. The fourth-order valence-corrected chi connectivity index (χ4v) is 1.84. The van der Waals surface area contributed by atoms with Gasteiger partial charge in [-0.3, -0.25) is 14.9 Å². The van der Waals surface area contributed by atoms with Crippen LogP contribution in [0, 0.1) is 10.1 Å². The number of hydrogen-bond donors (Lipinski definition) is 0. The van der Waals surface area contributed by atoms with Crippen LogP contribution in [0.1, 0.15) is 19.8 Å². The van der Waals surface area contributed by atoms with E-state index in [9.17, 15) is 14.9 Å². The molecule has 0 radical (unpaired) electrons. The summed E-state index contributed by atoms with van der Waals surface area (Å²) in [6.45, 7) is 2.46. The molecular formula is C11H13BrN2O3. The van der Waals surface area contributed by atoms with Crippen molar-refractivity contribution in [1.82, 2.24) is 4.57 Å². The van der Waals surface area contributed by atoms with Crippen LogP contribution in [0.3, 0.4) is 0 Å². The molecule has 1 aromatic heterocycles. The van der Waals surface area contributed by atoms with Crippen LogP contribution in [0.25, 0.3) is 0 Å². The van der Waals surface area contributed by atoms with Crippen molar-refractivity contribution in [3.05, 3.63) is 49.4 Å². The summed E-state index contributed by atoms with van der Waals surface area (Å²) in [6, 6.07) is 1.22. The third-order valence-electron chi connectivity index (χ3n) is 2.17. The van der Waals surface area contributed by atoms with E-state index in [4.69, 9.17) is 0 Å². The molecule has 0 fully saturated rings. The summed E-state index contributed by atoms with van der Waals surface area (Å²) in [6.07, 6.45) is 7.14. The Hall–Kier alpha value is -1.43. The Morgan fingerprint density at radius 2 is 2.24 bits per heavy atom. The van der Waals surface area contributed by atoms with Gasteiger partial charge in [-0.2, -0.15) is 0 Å². The molecule has 6 heteroatoms. The van der Waals surface area contributed by atoms with Crippen LogP contribution < -0.4 is 5.56 Å². The van der Waals surface area contributed by atoms with Gasteiger partial charge in [0.15, 0.2) is 0 Å². The van der Waals surface area contributed by atoms with Crippen molar-refractivity contribution in [1.29, 1.82) is 0 Å². The minimum atomic E-state index is -0.661. The van der Waals surface area contributed by atoms with Crippen LogP contribution in [0.5, 0.6) is 0 Å². The first-order valence-electron chi connectivity index (χ1n) is 5.25. The predicted molar refractivity (Wildman–Crippen MR) is 69.1 cm³/mol. The summed E-state index contributed by atoms with van der Waals surface area (Å²) in [5.74, 6) is 0. The van der Waals surface area contributed by atoms with Crippen molar-refractivity contribution >= 4 is 21.6 Å². The number of pyridine rings is 1. The third-order valence-corrected chi connectivity index (χ3v) is 2.60. The van der Waals surface area contributed by atoms with Gasteiger partial charge in [-0.1, -0.05) is 19.1 Å². The maximum atomic E-state index is 11.7. The minimum absolute atomic E-state index is 0.404. The molecule has 0 saturated carbocycles. The largest absolute Gasteiger partial charge is 0.335 e. The highest BCUT2D eigenvalue weighted by molar-refractivity contribution is 9.10. The zero-order chi connectivity index (χ0) is 12.8. The molecule has 5 nitrogen and oxygen atoms in total. The van der Waals surface area contributed by atoms with E-state index in [1.165, 1.54) is 10.6 Å². The van der Waals surface area contributed by atoms with Gasteiger partial charge in [-0.05, 0) is 28.8 Å². The lowest BCUT2D eigenvalue weighted by molar-refractivity contribution is -0.386. The fraction of sp³-hybridized carbons (Fsp3) is 0.364. The Labute approximate surface area is 107 Å². The molecule has 0 aromatic carbocycles. The van der Waals surface area contributed by atoms with E-state index in [0.717, 1.165) is 6.42 Å². The molecule has 0 atom stereocenters. The van der Waals surface area contributed by atoms with Crippen LogP contribution in [-0.4, -0.2) is 9.49 Å². The number of nitrogens with zero attached hydrogens (tertiary/aromatic N) is 2. The molecule has 17 heavy (non-hydrogen) atoms.